The van der Waals surface area contributed by atoms with E-state index in [2.05, 4.69) is 34.4 Å². The van der Waals surface area contributed by atoms with E-state index in [9.17, 15) is 14.7 Å². The average Bonchev–Trinajstić information content (AvgIpc) is 3.84. The van der Waals surface area contributed by atoms with Crippen molar-refractivity contribution >= 4 is 56.1 Å². The zero-order valence-electron chi connectivity index (χ0n) is 32.3. The first-order chi connectivity index (χ1) is 28.2. The molecule has 4 aromatic rings. The van der Waals surface area contributed by atoms with Gasteiger partial charge in [0.05, 0.1) is 43.2 Å². The van der Waals surface area contributed by atoms with Crippen molar-refractivity contribution in [3.8, 4) is 0 Å². The summed E-state index contributed by atoms with van der Waals surface area (Å²) in [5, 5.41) is 15.9. The Morgan fingerprint density at radius 1 is 0.983 bits per heavy atom. The summed E-state index contributed by atoms with van der Waals surface area (Å²) >= 11 is 3.77. The Morgan fingerprint density at radius 2 is 1.66 bits per heavy atom. The van der Waals surface area contributed by atoms with Crippen molar-refractivity contribution in [2.45, 2.75) is 60.0 Å². The molecule has 58 heavy (non-hydrogen) atoms. The number of nitrogens with zero attached hydrogens (tertiary/aromatic N) is 2. The third kappa shape index (κ3) is 7.61. The Kier molecular flexibility index (Phi) is 12.6. The van der Waals surface area contributed by atoms with Crippen LogP contribution in [0.1, 0.15) is 42.5 Å². The number of methoxy groups -OCH3 is 1. The van der Waals surface area contributed by atoms with Crippen LogP contribution < -0.4 is 10.2 Å². The monoisotopic (exact) mass is 849 g/mol. The van der Waals surface area contributed by atoms with E-state index in [-0.39, 0.29) is 31.9 Å². The van der Waals surface area contributed by atoms with Crippen LogP contribution in [0.2, 0.25) is 0 Å². The molecule has 302 valence electrons. The van der Waals surface area contributed by atoms with E-state index in [1.54, 1.807) is 65.6 Å². The Labute approximate surface area is 346 Å². The maximum atomic E-state index is 15.4. The number of anilines is 1. The Morgan fingerprint density at radius 3 is 2.31 bits per heavy atom. The molecule has 0 aromatic heterocycles. The van der Waals surface area contributed by atoms with Crippen LogP contribution in [0.15, 0.2) is 128 Å². The number of aliphatic hydroxyl groups excluding tert-OH is 1. The number of halogens is 1. The number of hydrogen-bond acceptors (Lipinski definition) is 8. The highest BCUT2D eigenvalue weighted by Crippen LogP contribution is 2.61. The molecule has 4 aromatic carbocycles. The molecule has 7 rings (SSSR count). The fourth-order valence-electron chi connectivity index (χ4n) is 9.05. The Hall–Kier alpha value is -5.14. The van der Waals surface area contributed by atoms with Crippen LogP contribution in [0, 0.1) is 11.8 Å². The van der Waals surface area contributed by atoms with Crippen molar-refractivity contribution in [2.75, 3.05) is 31.8 Å². The molecular weight excluding hydrogens is 802 g/mol. The smallest absolute Gasteiger partial charge is 0.313 e. The summed E-state index contributed by atoms with van der Waals surface area (Å²) in [7, 11) is 1.50. The highest BCUT2D eigenvalue weighted by Gasteiger charge is 2.78. The van der Waals surface area contributed by atoms with Gasteiger partial charge in [-0.15, -0.1) is 13.2 Å². The fourth-order valence-corrected chi connectivity index (χ4v) is 9.99. The van der Waals surface area contributed by atoms with Crippen LogP contribution in [-0.4, -0.2) is 89.2 Å². The number of nitrogens with one attached hydrogen (secondary N) is 1. The lowest BCUT2D eigenvalue weighted by Crippen LogP contribution is -2.57. The van der Waals surface area contributed by atoms with Crippen molar-refractivity contribution in [1.82, 2.24) is 10.2 Å². The molecule has 12 heteroatoms. The normalized spacial score (nSPS) is 24.8. The molecule has 2 N–H and O–H groups in total. The standard InChI is InChI=1S/C46H48BrN3O8/c1-4-6-21-37(52)48-35(28-56-3)40(31-18-11-8-12-19-31)57-45(55)38-39-43(53)50(36(27-51)30-16-9-7-10-17-30)42(46(39)26-34(47)41(38)58-46)44(54)49(24-5-2)33-23-22-29-15-13-14-20-32(29)25-33/h4-5,7-20,22-23,25,34-36,38-42,51H,1-2,6,21,24,26-28H2,3H3,(H,48,52)/t34?,35-,36-,38-,39+,40-,41-,42-,46+/m1/s1. The molecule has 0 radical (unpaired) electrons. The Balaban J connectivity index is 1.30. The number of benzene rings is 4. The lowest BCUT2D eigenvalue weighted by Gasteiger charge is -2.39. The van der Waals surface area contributed by atoms with Gasteiger partial charge in [0.25, 0.3) is 5.91 Å². The van der Waals surface area contributed by atoms with Crippen molar-refractivity contribution in [2.24, 2.45) is 11.8 Å². The number of fused-ring (bicyclic) bond motifs is 2. The van der Waals surface area contributed by atoms with Crippen LogP contribution in [0.3, 0.4) is 0 Å². The molecule has 3 aliphatic heterocycles. The number of esters is 1. The van der Waals surface area contributed by atoms with Gasteiger partial charge < -0.3 is 34.4 Å². The van der Waals surface area contributed by atoms with Gasteiger partial charge in [-0.25, -0.2) is 0 Å². The topological polar surface area (TPSA) is 135 Å². The van der Waals surface area contributed by atoms with Gasteiger partial charge in [-0.2, -0.15) is 0 Å². The Bertz CT molecular complexity index is 2150. The van der Waals surface area contributed by atoms with Gasteiger partial charge in [0.15, 0.2) is 0 Å². The maximum absolute atomic E-state index is 15.4. The summed E-state index contributed by atoms with van der Waals surface area (Å²) in [4.78, 5) is 61.2. The van der Waals surface area contributed by atoms with E-state index in [0.29, 0.717) is 23.2 Å². The largest absolute Gasteiger partial charge is 0.455 e. The number of likely N-dealkylation sites (tertiary alicyclic amines) is 1. The quantitative estimate of drug-likeness (QED) is 0.0727. The summed E-state index contributed by atoms with van der Waals surface area (Å²) in [5.41, 5.74) is 0.363. The lowest BCUT2D eigenvalue weighted by atomic mass is 9.70. The molecule has 3 amide bonds. The predicted molar refractivity (Wildman–Crippen MR) is 224 cm³/mol. The number of carbonyl (C=O) groups excluding carboxylic acids is 4. The SMILES string of the molecule is C=CCCC(=O)N[C@H](COC)[C@H](OC(=O)[C@H]1[C@@H]2O[C@@]3(CC2Br)[C@@H]1C(=O)N([C@H](CO)c1ccccc1)[C@@H]3C(=O)N(CC=C)c1ccc2ccccc2c1)c1ccccc1. The average molecular weight is 851 g/mol. The number of alkyl halides is 1. The van der Waals surface area contributed by atoms with Crippen LogP contribution in [0.4, 0.5) is 5.69 Å². The molecule has 1 unspecified atom stereocenters. The van der Waals surface area contributed by atoms with Crippen molar-refractivity contribution in [3.63, 3.8) is 0 Å². The first kappa shape index (κ1) is 41.0. The summed E-state index contributed by atoms with van der Waals surface area (Å²) in [6, 6.07) is 28.7. The van der Waals surface area contributed by atoms with Crippen molar-refractivity contribution in [3.05, 3.63) is 140 Å². The summed E-state index contributed by atoms with van der Waals surface area (Å²) in [6.45, 7) is 7.31. The van der Waals surface area contributed by atoms with Crippen LogP contribution >= 0.6 is 15.9 Å². The highest BCUT2D eigenvalue weighted by molar-refractivity contribution is 9.09. The van der Waals surface area contributed by atoms with Crippen LogP contribution in [0.25, 0.3) is 10.8 Å². The second-order valence-corrected chi connectivity index (χ2v) is 16.2. The fraction of sp³-hybridized carbons (Fsp3) is 0.348. The van der Waals surface area contributed by atoms with E-state index >= 15 is 9.59 Å². The van der Waals surface area contributed by atoms with Gasteiger partial charge in [0, 0.05) is 30.6 Å². The van der Waals surface area contributed by atoms with Gasteiger partial charge in [-0.05, 0) is 46.9 Å². The second kappa shape index (κ2) is 17.8. The van der Waals surface area contributed by atoms with Gasteiger partial charge in [-0.1, -0.05) is 119 Å². The molecule has 1 spiro atoms. The van der Waals surface area contributed by atoms with Gasteiger partial charge in [0.2, 0.25) is 11.8 Å². The minimum Gasteiger partial charge on any atom is -0.455 e. The molecule has 11 nitrogen and oxygen atoms in total. The highest BCUT2D eigenvalue weighted by atomic mass is 79.9. The number of ether oxygens (including phenoxy) is 3. The number of hydrogen-bond donors (Lipinski definition) is 2. The predicted octanol–water partition coefficient (Wildman–Crippen LogP) is 6.22. The molecule has 3 aliphatic rings. The molecule has 3 saturated heterocycles. The molecule has 0 saturated carbocycles. The van der Waals surface area contributed by atoms with Crippen LogP contribution in [0.5, 0.6) is 0 Å². The molecule has 9 atom stereocenters. The number of carbonyl (C=O) groups is 4. The zero-order valence-corrected chi connectivity index (χ0v) is 33.9. The van der Waals surface area contributed by atoms with E-state index in [1.165, 1.54) is 12.0 Å². The molecular formula is C46H48BrN3O8. The first-order valence-electron chi connectivity index (χ1n) is 19.5. The summed E-state index contributed by atoms with van der Waals surface area (Å²) in [5.74, 6) is -4.18. The maximum Gasteiger partial charge on any atom is 0.313 e. The van der Waals surface area contributed by atoms with Gasteiger partial charge in [-0.3, -0.25) is 19.2 Å². The summed E-state index contributed by atoms with van der Waals surface area (Å²) in [6.07, 6.45) is 2.34. The van der Waals surface area contributed by atoms with Gasteiger partial charge >= 0.3 is 5.97 Å². The van der Waals surface area contributed by atoms with E-state index in [4.69, 9.17) is 14.2 Å². The number of allylic oxidation sites excluding steroid dienone is 1. The van der Waals surface area contributed by atoms with Crippen LogP contribution in [-0.2, 0) is 33.4 Å². The third-order valence-corrected chi connectivity index (χ3v) is 12.4. The van der Waals surface area contributed by atoms with E-state index < -0.39 is 77.0 Å². The van der Waals surface area contributed by atoms with Crippen molar-refractivity contribution < 1.29 is 38.5 Å². The second-order valence-electron chi connectivity index (χ2n) is 15.0. The first-order valence-corrected chi connectivity index (χ1v) is 20.4. The number of rotatable bonds is 17. The number of aliphatic hydroxyl groups is 1. The summed E-state index contributed by atoms with van der Waals surface area (Å²) < 4.78 is 18.8. The molecule has 3 fully saturated rings. The number of amides is 3. The zero-order chi connectivity index (χ0) is 41.0. The molecule has 0 aliphatic carbocycles. The minimum atomic E-state index is -1.47. The molecule has 3 heterocycles. The van der Waals surface area contributed by atoms with Crippen molar-refractivity contribution in [1.29, 1.82) is 0 Å². The minimum absolute atomic E-state index is 0.0259. The van der Waals surface area contributed by atoms with Gasteiger partial charge in [0.1, 0.15) is 17.7 Å². The van der Waals surface area contributed by atoms with E-state index in [1.807, 2.05) is 54.6 Å². The lowest BCUT2D eigenvalue weighted by molar-refractivity contribution is -0.163. The van der Waals surface area contributed by atoms with E-state index in [0.717, 1.165) is 10.8 Å². The molecule has 2 bridgehead atoms. The third-order valence-electron chi connectivity index (χ3n) is 11.6.